The third-order valence-electron chi connectivity index (χ3n) is 3.55. The molecule has 4 nitrogen and oxygen atoms in total. The third kappa shape index (κ3) is 3.20. The van der Waals surface area contributed by atoms with Gasteiger partial charge < -0.3 is 15.0 Å². The van der Waals surface area contributed by atoms with Crippen LogP contribution in [0.25, 0.3) is 0 Å². The lowest BCUT2D eigenvalue weighted by molar-refractivity contribution is -0.126. The molecule has 0 bridgehead atoms. The molecule has 0 saturated carbocycles. The molecule has 1 heterocycles. The number of likely N-dealkylation sites (N-methyl/N-ethyl adjacent to an activating group) is 1. The average Bonchev–Trinajstić information content (AvgIpc) is 2.38. The first-order valence-electron chi connectivity index (χ1n) is 6.99. The van der Waals surface area contributed by atoms with Gasteiger partial charge in [0.05, 0.1) is 6.61 Å². The first kappa shape index (κ1) is 14.6. The van der Waals surface area contributed by atoms with Gasteiger partial charge in [-0.1, -0.05) is 18.2 Å². The summed E-state index contributed by atoms with van der Waals surface area (Å²) < 4.78 is 5.60. The van der Waals surface area contributed by atoms with Crippen LogP contribution in [-0.2, 0) is 11.3 Å². The van der Waals surface area contributed by atoms with Crippen molar-refractivity contribution in [2.45, 2.75) is 20.4 Å². The molecule has 0 unspecified atom stereocenters. The number of nitrogens with one attached hydrogen (secondary N) is 1. The Balaban J connectivity index is 2.07. The van der Waals surface area contributed by atoms with Crippen LogP contribution < -0.4 is 10.1 Å². The predicted molar refractivity (Wildman–Crippen MR) is 79.7 cm³/mol. The molecule has 2 rings (SSSR count). The van der Waals surface area contributed by atoms with Crippen LogP contribution in [0.15, 0.2) is 35.4 Å². The number of nitrogens with zero attached hydrogens (tertiary/aromatic N) is 1. The second kappa shape index (κ2) is 6.57. The second-order valence-corrected chi connectivity index (χ2v) is 5.03. The number of para-hydroxylation sites is 1. The van der Waals surface area contributed by atoms with Crippen LogP contribution in [0.5, 0.6) is 5.75 Å². The molecule has 1 aliphatic rings. The summed E-state index contributed by atoms with van der Waals surface area (Å²) in [6.45, 7) is 6.73. The van der Waals surface area contributed by atoms with Crippen molar-refractivity contribution < 1.29 is 9.53 Å². The molecule has 1 fully saturated rings. The van der Waals surface area contributed by atoms with Gasteiger partial charge in [0.1, 0.15) is 5.75 Å². The molecular weight excluding hydrogens is 252 g/mol. The van der Waals surface area contributed by atoms with Crippen molar-refractivity contribution in [3.8, 4) is 5.75 Å². The van der Waals surface area contributed by atoms with E-state index in [1.165, 1.54) is 5.57 Å². The molecule has 1 N–H and O–H groups in total. The zero-order valence-electron chi connectivity index (χ0n) is 12.4. The van der Waals surface area contributed by atoms with Crippen molar-refractivity contribution in [2.24, 2.45) is 0 Å². The van der Waals surface area contributed by atoms with Gasteiger partial charge in [0.15, 0.2) is 0 Å². The number of ether oxygens (including phenoxy) is 1. The number of benzene rings is 1. The average molecular weight is 274 g/mol. The third-order valence-corrected chi connectivity index (χ3v) is 3.55. The molecule has 4 heteroatoms. The van der Waals surface area contributed by atoms with E-state index >= 15 is 0 Å². The van der Waals surface area contributed by atoms with Gasteiger partial charge in [0.25, 0.3) is 0 Å². The van der Waals surface area contributed by atoms with E-state index in [1.54, 1.807) is 4.90 Å². The Morgan fingerprint density at radius 3 is 2.65 bits per heavy atom. The number of hydrogen-bond acceptors (Lipinski definition) is 3. The molecule has 1 saturated heterocycles. The topological polar surface area (TPSA) is 41.6 Å². The maximum absolute atomic E-state index is 12.4. The molecule has 1 amide bonds. The van der Waals surface area contributed by atoms with E-state index < -0.39 is 0 Å². The van der Waals surface area contributed by atoms with Crippen LogP contribution in [0, 0.1) is 0 Å². The quantitative estimate of drug-likeness (QED) is 0.835. The molecule has 108 valence electrons. The van der Waals surface area contributed by atoms with Crippen LogP contribution in [0.4, 0.5) is 0 Å². The summed E-state index contributed by atoms with van der Waals surface area (Å²) in [7, 11) is 1.83. The summed E-state index contributed by atoms with van der Waals surface area (Å²) in [6.07, 6.45) is 0. The van der Waals surface area contributed by atoms with E-state index in [0.29, 0.717) is 13.2 Å². The van der Waals surface area contributed by atoms with Crippen molar-refractivity contribution in [3.05, 3.63) is 41.0 Å². The summed E-state index contributed by atoms with van der Waals surface area (Å²) in [5.74, 6) is 0.943. The molecule has 0 aliphatic carbocycles. The predicted octanol–water partition coefficient (Wildman–Crippen LogP) is 1.96. The van der Waals surface area contributed by atoms with Gasteiger partial charge in [-0.15, -0.1) is 0 Å². The van der Waals surface area contributed by atoms with Crippen molar-refractivity contribution in [3.63, 3.8) is 0 Å². The zero-order chi connectivity index (χ0) is 14.5. The van der Waals surface area contributed by atoms with Crippen molar-refractivity contribution in [1.82, 2.24) is 10.2 Å². The second-order valence-electron chi connectivity index (χ2n) is 5.03. The lowest BCUT2D eigenvalue weighted by atomic mass is 10.0. The first-order chi connectivity index (χ1) is 9.63. The van der Waals surface area contributed by atoms with E-state index in [9.17, 15) is 4.79 Å². The number of carbonyl (C=O) groups excluding carboxylic acids is 1. The number of carbonyl (C=O) groups is 1. The highest BCUT2D eigenvalue weighted by Gasteiger charge is 2.19. The first-order valence-corrected chi connectivity index (χ1v) is 6.99. The molecule has 0 atom stereocenters. The normalized spacial score (nSPS) is 13.7. The van der Waals surface area contributed by atoms with Crippen LogP contribution in [-0.4, -0.2) is 37.6 Å². The minimum atomic E-state index is 0.0906. The van der Waals surface area contributed by atoms with Crippen LogP contribution in [0.2, 0.25) is 0 Å². The van der Waals surface area contributed by atoms with Crippen LogP contribution in [0.1, 0.15) is 19.4 Å². The number of hydrogen-bond donors (Lipinski definition) is 1. The smallest absolute Gasteiger partial charge is 0.249 e. The minimum Gasteiger partial charge on any atom is -0.494 e. The summed E-state index contributed by atoms with van der Waals surface area (Å²) >= 11 is 0. The molecule has 1 aliphatic heterocycles. The highest BCUT2D eigenvalue weighted by molar-refractivity contribution is 5.93. The lowest BCUT2D eigenvalue weighted by Gasteiger charge is -2.25. The molecule has 0 spiro atoms. The van der Waals surface area contributed by atoms with Gasteiger partial charge in [-0.2, -0.15) is 0 Å². The number of amides is 1. The summed E-state index contributed by atoms with van der Waals surface area (Å²) in [5, 5.41) is 3.16. The highest BCUT2D eigenvalue weighted by atomic mass is 16.5. The van der Waals surface area contributed by atoms with Gasteiger partial charge in [0.2, 0.25) is 5.91 Å². The van der Waals surface area contributed by atoms with E-state index in [-0.39, 0.29) is 5.91 Å². The van der Waals surface area contributed by atoms with E-state index in [4.69, 9.17) is 4.74 Å². The van der Waals surface area contributed by atoms with Crippen LogP contribution >= 0.6 is 0 Å². The Morgan fingerprint density at radius 1 is 1.35 bits per heavy atom. The van der Waals surface area contributed by atoms with Gasteiger partial charge >= 0.3 is 0 Å². The van der Waals surface area contributed by atoms with Gasteiger partial charge in [-0.05, 0) is 25.5 Å². The lowest BCUT2D eigenvalue weighted by Crippen LogP contribution is -2.38. The Kier molecular flexibility index (Phi) is 4.79. The Hall–Kier alpha value is -1.81. The fourth-order valence-electron chi connectivity index (χ4n) is 2.21. The SMILES string of the molecule is CCOc1ccccc1CN(C)C(=O)C(C)=C1CNC1. The fourth-order valence-corrected chi connectivity index (χ4v) is 2.21. The number of rotatable bonds is 5. The monoisotopic (exact) mass is 274 g/mol. The Labute approximate surface area is 120 Å². The van der Waals surface area contributed by atoms with Crippen molar-refractivity contribution in [1.29, 1.82) is 0 Å². The van der Waals surface area contributed by atoms with E-state index in [0.717, 1.165) is 30.0 Å². The van der Waals surface area contributed by atoms with Crippen molar-refractivity contribution in [2.75, 3.05) is 26.7 Å². The standard InChI is InChI=1S/C16H22N2O2/c1-4-20-15-8-6-5-7-13(15)11-18(3)16(19)12(2)14-9-17-10-14/h5-8,17H,4,9-11H2,1-3H3. The van der Waals surface area contributed by atoms with E-state index in [2.05, 4.69) is 5.32 Å². The summed E-state index contributed by atoms with van der Waals surface area (Å²) in [5.41, 5.74) is 3.11. The molecule has 1 aromatic rings. The fraction of sp³-hybridized carbons (Fsp3) is 0.438. The van der Waals surface area contributed by atoms with Gasteiger partial charge in [0, 0.05) is 37.8 Å². The maximum atomic E-state index is 12.4. The zero-order valence-corrected chi connectivity index (χ0v) is 12.4. The Bertz CT molecular complexity index is 517. The summed E-state index contributed by atoms with van der Waals surface area (Å²) in [4.78, 5) is 14.1. The van der Waals surface area contributed by atoms with E-state index in [1.807, 2.05) is 45.2 Å². The van der Waals surface area contributed by atoms with Crippen molar-refractivity contribution >= 4 is 5.91 Å². The molecule has 0 radical (unpaired) electrons. The maximum Gasteiger partial charge on any atom is 0.249 e. The van der Waals surface area contributed by atoms with Gasteiger partial charge in [-0.3, -0.25) is 4.79 Å². The minimum absolute atomic E-state index is 0.0906. The van der Waals surface area contributed by atoms with Gasteiger partial charge in [-0.25, -0.2) is 0 Å². The highest BCUT2D eigenvalue weighted by Crippen LogP contribution is 2.20. The Morgan fingerprint density at radius 2 is 2.05 bits per heavy atom. The molecular formula is C16H22N2O2. The van der Waals surface area contributed by atoms with Crippen LogP contribution in [0.3, 0.4) is 0 Å². The molecule has 1 aromatic carbocycles. The molecule has 20 heavy (non-hydrogen) atoms. The summed E-state index contributed by atoms with van der Waals surface area (Å²) in [6, 6.07) is 7.86. The molecule has 0 aromatic heterocycles. The largest absolute Gasteiger partial charge is 0.494 e.